The lowest BCUT2D eigenvalue weighted by molar-refractivity contribution is -0.135. The largest absolute Gasteiger partial charge is 0.497 e. The summed E-state index contributed by atoms with van der Waals surface area (Å²) in [6.45, 7) is 1.66. The maximum Gasteiger partial charge on any atom is 0.226 e. The molecule has 4 rings (SSSR count). The van der Waals surface area contributed by atoms with Crippen LogP contribution >= 0.6 is 22.7 Å². The number of ether oxygens (including phenoxy) is 1. The summed E-state index contributed by atoms with van der Waals surface area (Å²) in [7, 11) is 1.62. The first kappa shape index (κ1) is 21.5. The van der Waals surface area contributed by atoms with Crippen molar-refractivity contribution in [1.82, 2.24) is 15.2 Å². The van der Waals surface area contributed by atoms with Crippen LogP contribution in [0.25, 0.3) is 9.88 Å². The highest BCUT2D eigenvalue weighted by Gasteiger charge is 2.27. The normalized spacial score (nSPS) is 14.4. The molecule has 0 bridgehead atoms. The lowest BCUT2D eigenvalue weighted by Crippen LogP contribution is -2.43. The Morgan fingerprint density at radius 3 is 2.77 bits per heavy atom. The predicted octanol–water partition coefficient (Wildman–Crippen LogP) is 3.98. The molecule has 6 nitrogen and oxygen atoms in total. The average molecular weight is 456 g/mol. The highest BCUT2D eigenvalue weighted by molar-refractivity contribution is 7.20. The summed E-state index contributed by atoms with van der Waals surface area (Å²) >= 11 is 3.26. The van der Waals surface area contributed by atoms with Crippen molar-refractivity contribution in [2.75, 3.05) is 20.2 Å². The number of aromatic nitrogens is 1. The van der Waals surface area contributed by atoms with Crippen molar-refractivity contribution >= 4 is 34.5 Å². The number of piperidine rings is 1. The van der Waals surface area contributed by atoms with Crippen LogP contribution in [0.1, 0.15) is 24.1 Å². The molecule has 0 saturated carbocycles. The Morgan fingerprint density at radius 1 is 1.19 bits per heavy atom. The fraction of sp³-hybridized carbons (Fsp3) is 0.348. The second-order valence-electron chi connectivity index (χ2n) is 7.52. The summed E-state index contributed by atoms with van der Waals surface area (Å²) in [5.41, 5.74) is 1.82. The molecule has 0 aliphatic carbocycles. The van der Waals surface area contributed by atoms with Gasteiger partial charge in [-0.05, 0) is 42.0 Å². The zero-order valence-electron chi connectivity index (χ0n) is 17.4. The summed E-state index contributed by atoms with van der Waals surface area (Å²) in [5.74, 6) is 0.834. The minimum absolute atomic E-state index is 0.0468. The number of hydrogen-bond donors (Lipinski definition) is 1. The van der Waals surface area contributed by atoms with Gasteiger partial charge in [0.1, 0.15) is 10.8 Å². The molecule has 8 heteroatoms. The van der Waals surface area contributed by atoms with E-state index >= 15 is 0 Å². The second kappa shape index (κ2) is 10.1. The summed E-state index contributed by atoms with van der Waals surface area (Å²) in [6.07, 6.45) is 1.73. The Kier molecular flexibility index (Phi) is 6.99. The van der Waals surface area contributed by atoms with Gasteiger partial charge in [0.25, 0.3) is 0 Å². The third kappa shape index (κ3) is 5.51. The molecule has 31 heavy (non-hydrogen) atoms. The van der Waals surface area contributed by atoms with Gasteiger partial charge in [0.15, 0.2) is 0 Å². The monoisotopic (exact) mass is 455 g/mol. The van der Waals surface area contributed by atoms with Crippen LogP contribution in [0.3, 0.4) is 0 Å². The molecular formula is C23H25N3O3S2. The fourth-order valence-electron chi connectivity index (χ4n) is 3.68. The number of nitrogens with zero attached hydrogens (tertiary/aromatic N) is 2. The van der Waals surface area contributed by atoms with Gasteiger partial charge in [-0.3, -0.25) is 9.59 Å². The van der Waals surface area contributed by atoms with E-state index < -0.39 is 0 Å². The SMILES string of the molecule is COc1cccc(CC(=O)N2CCC(C(=O)NCc3csc(-c4cccs4)n3)CC2)c1. The molecule has 0 radical (unpaired) electrons. The van der Waals surface area contributed by atoms with E-state index in [1.54, 1.807) is 29.8 Å². The summed E-state index contributed by atoms with van der Waals surface area (Å²) < 4.78 is 5.22. The smallest absolute Gasteiger partial charge is 0.226 e. The topological polar surface area (TPSA) is 71.5 Å². The minimum Gasteiger partial charge on any atom is -0.497 e. The van der Waals surface area contributed by atoms with Crippen LogP contribution in [0.2, 0.25) is 0 Å². The van der Waals surface area contributed by atoms with Crippen LogP contribution in [0.4, 0.5) is 0 Å². The Hall–Kier alpha value is -2.71. The van der Waals surface area contributed by atoms with Gasteiger partial charge in [0.05, 0.1) is 30.6 Å². The molecule has 0 unspecified atom stereocenters. The molecule has 0 spiro atoms. The minimum atomic E-state index is -0.0590. The van der Waals surface area contributed by atoms with Crippen LogP contribution in [0.15, 0.2) is 47.2 Å². The summed E-state index contributed by atoms with van der Waals surface area (Å²) in [5, 5.41) is 8.03. The van der Waals surface area contributed by atoms with Crippen LogP contribution in [-0.4, -0.2) is 41.9 Å². The van der Waals surface area contributed by atoms with E-state index in [1.807, 2.05) is 46.0 Å². The van der Waals surface area contributed by atoms with Crippen molar-refractivity contribution in [2.24, 2.45) is 5.92 Å². The molecule has 2 amide bonds. The summed E-state index contributed by atoms with van der Waals surface area (Å²) in [6, 6.07) is 11.6. The lowest BCUT2D eigenvalue weighted by Gasteiger charge is -2.31. The van der Waals surface area contributed by atoms with E-state index in [-0.39, 0.29) is 17.7 Å². The van der Waals surface area contributed by atoms with E-state index in [2.05, 4.69) is 16.4 Å². The first-order valence-corrected chi connectivity index (χ1v) is 12.0. The average Bonchev–Trinajstić information content (AvgIpc) is 3.49. The molecule has 3 heterocycles. The third-order valence-corrected chi connectivity index (χ3v) is 7.37. The van der Waals surface area contributed by atoms with Crippen LogP contribution < -0.4 is 10.1 Å². The van der Waals surface area contributed by atoms with Gasteiger partial charge < -0.3 is 15.0 Å². The van der Waals surface area contributed by atoms with Crippen molar-refractivity contribution in [3.63, 3.8) is 0 Å². The van der Waals surface area contributed by atoms with E-state index in [1.165, 1.54) is 0 Å². The maximum atomic E-state index is 12.6. The molecule has 1 aromatic carbocycles. The number of amides is 2. The highest BCUT2D eigenvalue weighted by atomic mass is 32.1. The molecule has 162 valence electrons. The Balaban J connectivity index is 1.22. The number of methoxy groups -OCH3 is 1. The molecule has 1 aliphatic rings. The van der Waals surface area contributed by atoms with Crippen LogP contribution in [0.5, 0.6) is 5.75 Å². The number of thiophene rings is 1. The fourth-order valence-corrected chi connectivity index (χ4v) is 5.32. The van der Waals surface area contributed by atoms with Crippen LogP contribution in [-0.2, 0) is 22.6 Å². The molecule has 1 fully saturated rings. The maximum absolute atomic E-state index is 12.6. The molecular weight excluding hydrogens is 430 g/mol. The van der Waals surface area contributed by atoms with Gasteiger partial charge in [-0.1, -0.05) is 18.2 Å². The number of likely N-dealkylation sites (tertiary alicyclic amines) is 1. The molecule has 2 aromatic heterocycles. The highest BCUT2D eigenvalue weighted by Crippen LogP contribution is 2.28. The van der Waals surface area contributed by atoms with E-state index in [9.17, 15) is 9.59 Å². The lowest BCUT2D eigenvalue weighted by atomic mass is 9.95. The van der Waals surface area contributed by atoms with Gasteiger partial charge in [0, 0.05) is 24.4 Å². The Morgan fingerprint density at radius 2 is 2.03 bits per heavy atom. The van der Waals surface area contributed by atoms with Crippen molar-refractivity contribution < 1.29 is 14.3 Å². The van der Waals surface area contributed by atoms with E-state index in [0.717, 1.165) is 26.9 Å². The number of thiazole rings is 1. The standard InChI is InChI=1S/C23H25N3O3S2/c1-29-19-5-2-4-16(12-19)13-21(27)26-9-7-17(8-10-26)22(28)24-14-18-15-31-23(25-18)20-6-3-11-30-20/h2-6,11-12,15,17H,7-10,13-14H2,1H3,(H,24,28). The van der Waals surface area contributed by atoms with E-state index in [0.29, 0.717) is 38.9 Å². The molecule has 1 aliphatic heterocycles. The van der Waals surface area contributed by atoms with Crippen molar-refractivity contribution in [1.29, 1.82) is 0 Å². The van der Waals surface area contributed by atoms with Gasteiger partial charge >= 0.3 is 0 Å². The first-order chi connectivity index (χ1) is 15.1. The Labute approximate surface area is 189 Å². The second-order valence-corrected chi connectivity index (χ2v) is 9.33. The summed E-state index contributed by atoms with van der Waals surface area (Å²) in [4.78, 5) is 32.8. The van der Waals surface area contributed by atoms with Crippen molar-refractivity contribution in [3.8, 4) is 15.6 Å². The number of benzene rings is 1. The number of carbonyl (C=O) groups is 2. The van der Waals surface area contributed by atoms with Gasteiger partial charge in [-0.15, -0.1) is 22.7 Å². The van der Waals surface area contributed by atoms with Gasteiger partial charge in [0.2, 0.25) is 11.8 Å². The van der Waals surface area contributed by atoms with Gasteiger partial charge in [-0.2, -0.15) is 0 Å². The Bertz CT molecular complexity index is 1020. The van der Waals surface area contributed by atoms with E-state index in [4.69, 9.17) is 4.74 Å². The molecule has 1 N–H and O–H groups in total. The number of rotatable bonds is 7. The van der Waals surface area contributed by atoms with Crippen LogP contribution in [0, 0.1) is 5.92 Å². The zero-order valence-corrected chi connectivity index (χ0v) is 19.0. The van der Waals surface area contributed by atoms with Gasteiger partial charge in [-0.25, -0.2) is 4.98 Å². The number of hydrogen-bond acceptors (Lipinski definition) is 6. The van der Waals surface area contributed by atoms with Crippen molar-refractivity contribution in [2.45, 2.75) is 25.8 Å². The number of carbonyl (C=O) groups excluding carboxylic acids is 2. The predicted molar refractivity (Wildman–Crippen MR) is 123 cm³/mol. The molecule has 0 atom stereocenters. The molecule has 1 saturated heterocycles. The first-order valence-electron chi connectivity index (χ1n) is 10.3. The zero-order chi connectivity index (χ0) is 21.6. The third-order valence-electron chi connectivity index (χ3n) is 5.44. The molecule has 3 aromatic rings. The van der Waals surface area contributed by atoms with Crippen molar-refractivity contribution in [3.05, 3.63) is 58.4 Å². The quantitative estimate of drug-likeness (QED) is 0.585. The number of nitrogens with one attached hydrogen (secondary N) is 1.